The molecule has 0 aliphatic rings. The van der Waals surface area contributed by atoms with Crippen molar-refractivity contribution in [3.8, 4) is 0 Å². The largest absolute Gasteiger partial charge is 0.469 e. The van der Waals surface area contributed by atoms with E-state index in [1.54, 1.807) is 6.26 Å². The first-order valence-corrected chi connectivity index (χ1v) is 6.86. The third-order valence-electron chi connectivity index (χ3n) is 3.20. The molecule has 0 radical (unpaired) electrons. The van der Waals surface area contributed by atoms with Gasteiger partial charge in [0.25, 0.3) is 0 Å². The molecule has 0 saturated carbocycles. The molecule has 1 N–H and O–H groups in total. The predicted molar refractivity (Wildman–Crippen MR) is 79.3 cm³/mol. The highest BCUT2D eigenvalue weighted by atomic mass is 35.5. The number of halogens is 1. The molecule has 0 amide bonds. The molecule has 98 valence electrons. The van der Waals surface area contributed by atoms with E-state index in [0.29, 0.717) is 9.79 Å². The van der Waals surface area contributed by atoms with E-state index in [2.05, 4.69) is 16.5 Å². The summed E-state index contributed by atoms with van der Waals surface area (Å²) in [5, 5.41) is 0.703. The molecule has 0 spiro atoms. The summed E-state index contributed by atoms with van der Waals surface area (Å²) in [6, 6.07) is 9.85. The molecule has 5 heteroatoms. The van der Waals surface area contributed by atoms with E-state index in [4.69, 9.17) is 28.2 Å². The molecule has 2 heterocycles. The molecule has 0 aliphatic carbocycles. The molecule has 3 nitrogen and oxygen atoms in total. The monoisotopic (exact) mass is 292 g/mol. The van der Waals surface area contributed by atoms with Crippen LogP contribution in [0.25, 0.3) is 11.0 Å². The minimum atomic E-state index is 0.216. The Labute approximate surface area is 120 Å². The first-order chi connectivity index (χ1) is 9.15. The summed E-state index contributed by atoms with van der Waals surface area (Å²) in [6.07, 6.45) is 2.49. The lowest BCUT2D eigenvalue weighted by Gasteiger charge is -2.13. The van der Waals surface area contributed by atoms with Crippen molar-refractivity contribution in [2.45, 2.75) is 19.4 Å². The van der Waals surface area contributed by atoms with Crippen molar-refractivity contribution in [3.05, 3.63) is 52.1 Å². The SMILES string of the molecule is CC(Cc1ccco1)n1c(=S)[nH]c2cc(Cl)ccc21. The van der Waals surface area contributed by atoms with Crippen LogP contribution in [0.4, 0.5) is 0 Å². The Kier molecular flexibility index (Phi) is 3.21. The minimum absolute atomic E-state index is 0.216. The van der Waals surface area contributed by atoms with Gasteiger partial charge in [0, 0.05) is 17.5 Å². The average Bonchev–Trinajstić information content (AvgIpc) is 2.95. The predicted octanol–water partition coefficient (Wildman–Crippen LogP) is 4.75. The number of hydrogen-bond donors (Lipinski definition) is 1. The van der Waals surface area contributed by atoms with Gasteiger partial charge in [-0.15, -0.1) is 0 Å². The molecule has 0 fully saturated rings. The van der Waals surface area contributed by atoms with E-state index in [1.165, 1.54) is 0 Å². The molecule has 0 saturated heterocycles. The van der Waals surface area contributed by atoms with Crippen molar-refractivity contribution < 1.29 is 4.42 Å². The number of fused-ring (bicyclic) bond motifs is 1. The van der Waals surface area contributed by atoms with Crippen LogP contribution in [0.15, 0.2) is 41.0 Å². The van der Waals surface area contributed by atoms with Gasteiger partial charge in [0.05, 0.1) is 17.3 Å². The minimum Gasteiger partial charge on any atom is -0.469 e. The van der Waals surface area contributed by atoms with Crippen molar-refractivity contribution in [2.75, 3.05) is 0 Å². The van der Waals surface area contributed by atoms with Crippen LogP contribution < -0.4 is 0 Å². The van der Waals surface area contributed by atoms with Crippen LogP contribution in [0.5, 0.6) is 0 Å². The summed E-state index contributed by atoms with van der Waals surface area (Å²) in [6.45, 7) is 2.13. The quantitative estimate of drug-likeness (QED) is 0.707. The van der Waals surface area contributed by atoms with E-state index in [1.807, 2.05) is 30.3 Å². The van der Waals surface area contributed by atoms with E-state index in [-0.39, 0.29) is 6.04 Å². The Morgan fingerprint density at radius 3 is 3.00 bits per heavy atom. The number of imidazole rings is 1. The highest BCUT2D eigenvalue weighted by Gasteiger charge is 2.13. The van der Waals surface area contributed by atoms with Crippen LogP contribution >= 0.6 is 23.8 Å². The molecule has 1 unspecified atom stereocenters. The first kappa shape index (κ1) is 12.5. The number of H-pyrrole nitrogens is 1. The Morgan fingerprint density at radius 2 is 2.26 bits per heavy atom. The molecule has 2 aromatic heterocycles. The van der Waals surface area contributed by atoms with Gasteiger partial charge in [0.2, 0.25) is 0 Å². The van der Waals surface area contributed by atoms with E-state index in [0.717, 1.165) is 23.2 Å². The number of benzene rings is 1. The molecule has 19 heavy (non-hydrogen) atoms. The maximum absolute atomic E-state index is 6.00. The van der Waals surface area contributed by atoms with Gasteiger partial charge in [0.1, 0.15) is 5.76 Å². The third-order valence-corrected chi connectivity index (χ3v) is 3.73. The van der Waals surface area contributed by atoms with Crippen molar-refractivity contribution in [1.29, 1.82) is 0 Å². The molecule has 1 atom stereocenters. The fourth-order valence-corrected chi connectivity index (χ4v) is 2.91. The second kappa shape index (κ2) is 4.87. The van der Waals surface area contributed by atoms with Gasteiger partial charge in [-0.1, -0.05) is 11.6 Å². The van der Waals surface area contributed by atoms with E-state index >= 15 is 0 Å². The number of furan rings is 1. The summed E-state index contributed by atoms with van der Waals surface area (Å²) in [5.41, 5.74) is 2.03. The zero-order chi connectivity index (χ0) is 13.4. The van der Waals surface area contributed by atoms with Gasteiger partial charge in [0.15, 0.2) is 4.77 Å². The standard InChI is InChI=1S/C14H13ClN2OS/c1-9(7-11-3-2-6-18-11)17-13-5-4-10(15)8-12(13)16-14(17)19/h2-6,8-9H,7H2,1H3,(H,16,19). The van der Waals surface area contributed by atoms with E-state index < -0.39 is 0 Å². The average molecular weight is 293 g/mol. The molecule has 3 rings (SSSR count). The number of nitrogens with one attached hydrogen (secondary N) is 1. The van der Waals surface area contributed by atoms with Gasteiger partial charge in [-0.25, -0.2) is 0 Å². The topological polar surface area (TPSA) is 33.9 Å². The van der Waals surface area contributed by atoms with Crippen molar-refractivity contribution in [1.82, 2.24) is 9.55 Å². The maximum Gasteiger partial charge on any atom is 0.178 e. The molecule has 0 aliphatic heterocycles. The molecule has 3 aromatic rings. The lowest BCUT2D eigenvalue weighted by molar-refractivity contribution is 0.452. The Morgan fingerprint density at radius 1 is 1.42 bits per heavy atom. The van der Waals surface area contributed by atoms with Gasteiger partial charge >= 0.3 is 0 Å². The molecular formula is C14H13ClN2OS. The van der Waals surface area contributed by atoms with Gasteiger partial charge < -0.3 is 14.0 Å². The normalized spacial score (nSPS) is 12.9. The summed E-state index contributed by atoms with van der Waals surface area (Å²) < 4.78 is 8.20. The molecule has 1 aromatic carbocycles. The maximum atomic E-state index is 6.00. The van der Waals surface area contributed by atoms with Crippen LogP contribution in [0.2, 0.25) is 5.02 Å². The van der Waals surface area contributed by atoms with Gasteiger partial charge in [-0.2, -0.15) is 0 Å². The Bertz CT molecular complexity index is 757. The number of aromatic amines is 1. The summed E-state index contributed by atoms with van der Waals surface area (Å²) >= 11 is 11.4. The zero-order valence-corrected chi connectivity index (χ0v) is 12.0. The Balaban J connectivity index is 2.04. The van der Waals surface area contributed by atoms with Crippen molar-refractivity contribution >= 4 is 34.9 Å². The van der Waals surface area contributed by atoms with Crippen LogP contribution in [0.3, 0.4) is 0 Å². The third kappa shape index (κ3) is 2.33. The smallest absolute Gasteiger partial charge is 0.178 e. The first-order valence-electron chi connectivity index (χ1n) is 6.07. The fourth-order valence-electron chi connectivity index (χ4n) is 2.35. The summed E-state index contributed by atoms with van der Waals surface area (Å²) in [4.78, 5) is 3.19. The number of rotatable bonds is 3. The summed E-state index contributed by atoms with van der Waals surface area (Å²) in [7, 11) is 0. The summed E-state index contributed by atoms with van der Waals surface area (Å²) in [5.74, 6) is 0.956. The zero-order valence-electron chi connectivity index (χ0n) is 10.4. The lowest BCUT2D eigenvalue weighted by atomic mass is 10.2. The number of hydrogen-bond acceptors (Lipinski definition) is 2. The van der Waals surface area contributed by atoms with E-state index in [9.17, 15) is 0 Å². The fraction of sp³-hybridized carbons (Fsp3) is 0.214. The molecular weight excluding hydrogens is 280 g/mol. The van der Waals surface area contributed by atoms with Gasteiger partial charge in [-0.3, -0.25) is 0 Å². The van der Waals surface area contributed by atoms with Crippen molar-refractivity contribution in [3.63, 3.8) is 0 Å². The van der Waals surface area contributed by atoms with Crippen LogP contribution in [-0.4, -0.2) is 9.55 Å². The van der Waals surface area contributed by atoms with Crippen LogP contribution in [0, 0.1) is 4.77 Å². The highest BCUT2D eigenvalue weighted by Crippen LogP contribution is 2.24. The van der Waals surface area contributed by atoms with Crippen LogP contribution in [-0.2, 0) is 6.42 Å². The highest BCUT2D eigenvalue weighted by molar-refractivity contribution is 7.71. The number of nitrogens with zero attached hydrogens (tertiary/aromatic N) is 1. The second-order valence-electron chi connectivity index (χ2n) is 4.59. The molecule has 0 bridgehead atoms. The Hall–Kier alpha value is -1.52. The van der Waals surface area contributed by atoms with Gasteiger partial charge in [-0.05, 0) is 49.5 Å². The number of aromatic nitrogens is 2. The van der Waals surface area contributed by atoms with Crippen LogP contribution in [0.1, 0.15) is 18.7 Å². The second-order valence-corrected chi connectivity index (χ2v) is 5.42. The van der Waals surface area contributed by atoms with Crippen molar-refractivity contribution in [2.24, 2.45) is 0 Å². The lowest BCUT2D eigenvalue weighted by Crippen LogP contribution is -2.07.